The Morgan fingerprint density at radius 1 is 1.31 bits per heavy atom. The summed E-state index contributed by atoms with van der Waals surface area (Å²) in [6.45, 7) is 0.714. The third-order valence-corrected chi connectivity index (χ3v) is 2.99. The first-order valence-corrected chi connectivity index (χ1v) is 6.51. The molecule has 0 saturated heterocycles. The standard InChI is InChI=1S/C8H17NO6S/c10-4-6-15-5-1-3-9-16(13,14)7-2-8(11)12/h9-10H,1-7H2,(H,11,12). The minimum atomic E-state index is -3.51. The first kappa shape index (κ1) is 15.3. The highest BCUT2D eigenvalue weighted by Gasteiger charge is 2.11. The van der Waals surface area contributed by atoms with Gasteiger partial charge < -0.3 is 14.9 Å². The fraction of sp³-hybridized carbons (Fsp3) is 0.875. The van der Waals surface area contributed by atoms with Gasteiger partial charge in [-0.15, -0.1) is 0 Å². The van der Waals surface area contributed by atoms with E-state index in [1.165, 1.54) is 0 Å². The second-order valence-corrected chi connectivity index (χ2v) is 4.97. The number of nitrogens with one attached hydrogen (secondary N) is 1. The second-order valence-electron chi connectivity index (χ2n) is 3.05. The fourth-order valence-corrected chi connectivity index (χ4v) is 1.91. The molecule has 0 atom stereocenters. The molecule has 0 rings (SSSR count). The van der Waals surface area contributed by atoms with Crippen molar-refractivity contribution in [1.82, 2.24) is 4.72 Å². The molecule has 0 aromatic rings. The van der Waals surface area contributed by atoms with E-state index in [-0.39, 0.29) is 19.8 Å². The van der Waals surface area contributed by atoms with Gasteiger partial charge in [0.05, 0.1) is 25.4 Å². The zero-order valence-corrected chi connectivity index (χ0v) is 9.70. The van der Waals surface area contributed by atoms with Crippen molar-refractivity contribution in [3.8, 4) is 0 Å². The van der Waals surface area contributed by atoms with Crippen molar-refractivity contribution in [3.05, 3.63) is 0 Å². The van der Waals surface area contributed by atoms with Crippen molar-refractivity contribution in [3.63, 3.8) is 0 Å². The molecule has 16 heavy (non-hydrogen) atoms. The SMILES string of the molecule is O=C(O)CCS(=O)(=O)NCCCOCCO. The Morgan fingerprint density at radius 3 is 2.56 bits per heavy atom. The maximum Gasteiger partial charge on any atom is 0.304 e. The van der Waals surface area contributed by atoms with Crippen LogP contribution in [-0.4, -0.2) is 56.7 Å². The molecule has 96 valence electrons. The minimum absolute atomic E-state index is 0.0651. The summed E-state index contributed by atoms with van der Waals surface area (Å²) >= 11 is 0. The van der Waals surface area contributed by atoms with Crippen LogP contribution in [0.2, 0.25) is 0 Å². The Kier molecular flexibility index (Phi) is 8.08. The fourth-order valence-electron chi connectivity index (χ4n) is 0.862. The van der Waals surface area contributed by atoms with Gasteiger partial charge in [-0.05, 0) is 6.42 Å². The van der Waals surface area contributed by atoms with E-state index in [2.05, 4.69) is 4.72 Å². The number of hydrogen-bond donors (Lipinski definition) is 3. The van der Waals surface area contributed by atoms with Crippen LogP contribution in [0.1, 0.15) is 12.8 Å². The molecule has 7 nitrogen and oxygen atoms in total. The molecule has 0 spiro atoms. The van der Waals surface area contributed by atoms with E-state index in [0.717, 1.165) is 0 Å². The number of carboxylic acid groups (broad SMARTS) is 1. The summed E-state index contributed by atoms with van der Waals surface area (Å²) in [5.74, 6) is -1.56. The highest BCUT2D eigenvalue weighted by atomic mass is 32.2. The number of sulfonamides is 1. The van der Waals surface area contributed by atoms with Crippen molar-refractivity contribution < 1.29 is 28.2 Å². The predicted molar refractivity (Wildman–Crippen MR) is 56.6 cm³/mol. The largest absolute Gasteiger partial charge is 0.481 e. The number of aliphatic carboxylic acids is 1. The monoisotopic (exact) mass is 255 g/mol. The number of carbonyl (C=O) groups is 1. The first-order chi connectivity index (χ1) is 7.48. The van der Waals surface area contributed by atoms with Crippen molar-refractivity contribution in [2.45, 2.75) is 12.8 Å². The Hall–Kier alpha value is -0.700. The van der Waals surface area contributed by atoms with Crippen LogP contribution < -0.4 is 4.72 Å². The van der Waals surface area contributed by atoms with E-state index >= 15 is 0 Å². The Bertz CT molecular complexity index is 289. The molecule has 0 saturated carbocycles. The molecule has 8 heteroatoms. The number of ether oxygens (including phenoxy) is 1. The van der Waals surface area contributed by atoms with E-state index in [1.807, 2.05) is 0 Å². The van der Waals surface area contributed by atoms with E-state index in [9.17, 15) is 13.2 Å². The molecule has 0 heterocycles. The van der Waals surface area contributed by atoms with E-state index < -0.39 is 28.2 Å². The second kappa shape index (κ2) is 8.45. The lowest BCUT2D eigenvalue weighted by atomic mass is 10.5. The van der Waals surface area contributed by atoms with E-state index in [4.69, 9.17) is 14.9 Å². The summed E-state index contributed by atoms with van der Waals surface area (Å²) in [7, 11) is -3.51. The average Bonchev–Trinajstić information content (AvgIpc) is 2.21. The van der Waals surface area contributed by atoms with Crippen LogP contribution in [0.3, 0.4) is 0 Å². The van der Waals surface area contributed by atoms with E-state index in [1.54, 1.807) is 0 Å². The van der Waals surface area contributed by atoms with Crippen LogP contribution in [0, 0.1) is 0 Å². The molecule has 0 aromatic heterocycles. The molecule has 3 N–H and O–H groups in total. The number of carboxylic acids is 1. The van der Waals surface area contributed by atoms with Gasteiger partial charge in [0.25, 0.3) is 0 Å². The topological polar surface area (TPSA) is 113 Å². The molecule has 0 fully saturated rings. The van der Waals surface area contributed by atoms with Gasteiger partial charge in [-0.1, -0.05) is 0 Å². The van der Waals surface area contributed by atoms with Gasteiger partial charge in [-0.2, -0.15) is 0 Å². The van der Waals surface area contributed by atoms with Gasteiger partial charge >= 0.3 is 5.97 Å². The third kappa shape index (κ3) is 9.84. The maximum atomic E-state index is 11.2. The lowest BCUT2D eigenvalue weighted by molar-refractivity contribution is -0.136. The van der Waals surface area contributed by atoms with Crippen LogP contribution in [-0.2, 0) is 19.6 Å². The van der Waals surface area contributed by atoms with Gasteiger partial charge in [0.1, 0.15) is 0 Å². The Labute approximate surface area is 94.5 Å². The zero-order chi connectivity index (χ0) is 12.4. The van der Waals surface area contributed by atoms with Gasteiger partial charge in [0.2, 0.25) is 10.0 Å². The van der Waals surface area contributed by atoms with Gasteiger partial charge in [-0.25, -0.2) is 13.1 Å². The first-order valence-electron chi connectivity index (χ1n) is 4.85. The van der Waals surface area contributed by atoms with Crippen molar-refractivity contribution in [1.29, 1.82) is 0 Å². The van der Waals surface area contributed by atoms with Crippen molar-refractivity contribution in [2.24, 2.45) is 0 Å². The summed E-state index contributed by atoms with van der Waals surface area (Å²) in [5.41, 5.74) is 0. The summed E-state index contributed by atoms with van der Waals surface area (Å²) in [6.07, 6.45) is 0.0721. The number of hydrogen-bond acceptors (Lipinski definition) is 5. The Morgan fingerprint density at radius 2 is 2.00 bits per heavy atom. The predicted octanol–water partition coefficient (Wildman–Crippen LogP) is -1.22. The third-order valence-electron chi connectivity index (χ3n) is 1.61. The molecule has 0 aliphatic carbocycles. The van der Waals surface area contributed by atoms with Crippen LogP contribution >= 0.6 is 0 Å². The Balaban J connectivity index is 3.55. The van der Waals surface area contributed by atoms with Crippen molar-refractivity contribution >= 4 is 16.0 Å². The van der Waals surface area contributed by atoms with Gasteiger partial charge in [0.15, 0.2) is 0 Å². The number of rotatable bonds is 10. The van der Waals surface area contributed by atoms with Crippen LogP contribution in [0.25, 0.3) is 0 Å². The van der Waals surface area contributed by atoms with Gasteiger partial charge in [0, 0.05) is 13.2 Å². The highest BCUT2D eigenvalue weighted by Crippen LogP contribution is 1.90. The minimum Gasteiger partial charge on any atom is -0.481 e. The molecular weight excluding hydrogens is 238 g/mol. The molecule has 0 amide bonds. The normalized spacial score (nSPS) is 11.6. The molecular formula is C8H17NO6S. The molecule has 0 unspecified atom stereocenters. The summed E-state index contributed by atoms with van der Waals surface area (Å²) < 4.78 is 29.5. The van der Waals surface area contributed by atoms with E-state index in [0.29, 0.717) is 13.0 Å². The smallest absolute Gasteiger partial charge is 0.304 e. The molecule has 0 aliphatic rings. The lowest BCUT2D eigenvalue weighted by Crippen LogP contribution is -2.29. The van der Waals surface area contributed by atoms with Crippen LogP contribution in [0.4, 0.5) is 0 Å². The van der Waals surface area contributed by atoms with Crippen molar-refractivity contribution in [2.75, 3.05) is 32.1 Å². The van der Waals surface area contributed by atoms with Crippen LogP contribution in [0.15, 0.2) is 0 Å². The molecule has 0 radical (unpaired) electrons. The summed E-state index contributed by atoms with van der Waals surface area (Å²) in [5, 5.41) is 16.7. The quantitative estimate of drug-likeness (QED) is 0.422. The maximum absolute atomic E-state index is 11.2. The molecule has 0 aliphatic heterocycles. The molecule has 0 bridgehead atoms. The zero-order valence-electron chi connectivity index (χ0n) is 8.89. The lowest BCUT2D eigenvalue weighted by Gasteiger charge is -2.05. The van der Waals surface area contributed by atoms with Crippen LogP contribution in [0.5, 0.6) is 0 Å². The number of aliphatic hydroxyl groups is 1. The highest BCUT2D eigenvalue weighted by molar-refractivity contribution is 7.89. The number of aliphatic hydroxyl groups excluding tert-OH is 1. The van der Waals surface area contributed by atoms with Gasteiger partial charge in [-0.3, -0.25) is 4.79 Å². The summed E-state index contributed by atoms with van der Waals surface area (Å²) in [4.78, 5) is 10.2. The average molecular weight is 255 g/mol. The summed E-state index contributed by atoms with van der Waals surface area (Å²) in [6, 6.07) is 0. The molecule has 0 aromatic carbocycles.